The maximum absolute atomic E-state index is 12.3. The average molecular weight is 423 g/mol. The van der Waals surface area contributed by atoms with Crippen LogP contribution in [0.3, 0.4) is 0 Å². The van der Waals surface area contributed by atoms with Gasteiger partial charge in [-0.15, -0.1) is 16.4 Å². The number of aromatic nitrogens is 3. The highest BCUT2D eigenvalue weighted by molar-refractivity contribution is 7.15. The summed E-state index contributed by atoms with van der Waals surface area (Å²) in [4.78, 5) is 17.4. The zero-order valence-corrected chi connectivity index (χ0v) is 17.6. The summed E-state index contributed by atoms with van der Waals surface area (Å²) >= 11 is 1.46. The van der Waals surface area contributed by atoms with Crippen molar-refractivity contribution in [1.82, 2.24) is 14.6 Å². The summed E-state index contributed by atoms with van der Waals surface area (Å²) in [6, 6.07) is 15.6. The number of aryl methyl sites for hydroxylation is 1. The summed E-state index contributed by atoms with van der Waals surface area (Å²) in [5.41, 5.74) is 2.87. The number of thiazole rings is 1. The second kappa shape index (κ2) is 8.96. The topological polar surface area (TPSA) is 77.8 Å². The van der Waals surface area contributed by atoms with Crippen LogP contribution in [0.25, 0.3) is 16.2 Å². The van der Waals surface area contributed by atoms with Gasteiger partial charge in [0.15, 0.2) is 0 Å². The number of hydrogen-bond acceptors (Lipinski definition) is 6. The minimum Gasteiger partial charge on any atom is -0.496 e. The lowest BCUT2D eigenvalue weighted by Gasteiger charge is -2.08. The monoisotopic (exact) mass is 422 g/mol. The maximum atomic E-state index is 12.3. The molecule has 154 valence electrons. The highest BCUT2D eigenvalue weighted by Crippen LogP contribution is 2.32. The first-order valence-electron chi connectivity index (χ1n) is 9.61. The van der Waals surface area contributed by atoms with Gasteiger partial charge in [0.25, 0.3) is 0 Å². The molecule has 0 radical (unpaired) electrons. The molecule has 0 aliphatic rings. The van der Waals surface area contributed by atoms with E-state index in [0.29, 0.717) is 30.4 Å². The van der Waals surface area contributed by atoms with E-state index in [2.05, 4.69) is 15.4 Å². The van der Waals surface area contributed by atoms with Crippen LogP contribution in [0.4, 0.5) is 5.95 Å². The number of carbonyl (C=O) groups excluding carboxylic acids is 1. The molecule has 2 aromatic heterocycles. The Morgan fingerprint density at radius 3 is 2.70 bits per heavy atom. The van der Waals surface area contributed by atoms with Crippen LogP contribution in [-0.2, 0) is 4.79 Å². The van der Waals surface area contributed by atoms with Gasteiger partial charge in [-0.1, -0.05) is 30.3 Å². The number of hydrogen-bond donors (Lipinski definition) is 1. The van der Waals surface area contributed by atoms with Crippen molar-refractivity contribution in [3.05, 3.63) is 59.5 Å². The molecule has 4 aromatic rings. The summed E-state index contributed by atoms with van der Waals surface area (Å²) in [6.45, 7) is 2.47. The lowest BCUT2D eigenvalue weighted by atomic mass is 10.1. The molecule has 1 N–H and O–H groups in total. The van der Waals surface area contributed by atoms with Crippen molar-refractivity contribution in [3.8, 4) is 22.8 Å². The fraction of sp³-hybridized carbons (Fsp3) is 0.227. The molecule has 0 aliphatic carbocycles. The molecule has 0 fully saturated rings. The van der Waals surface area contributed by atoms with Crippen LogP contribution < -0.4 is 14.8 Å². The molecule has 0 atom stereocenters. The molecule has 0 spiro atoms. The highest BCUT2D eigenvalue weighted by atomic mass is 32.1. The summed E-state index contributed by atoms with van der Waals surface area (Å²) in [7, 11) is 1.64. The van der Waals surface area contributed by atoms with E-state index in [4.69, 9.17) is 9.47 Å². The smallest absolute Gasteiger partial charge is 0.250 e. The van der Waals surface area contributed by atoms with Crippen LogP contribution in [-0.4, -0.2) is 34.2 Å². The molecule has 30 heavy (non-hydrogen) atoms. The molecule has 7 nitrogen and oxygen atoms in total. The third-order valence-electron chi connectivity index (χ3n) is 4.62. The number of anilines is 1. The van der Waals surface area contributed by atoms with Crippen LogP contribution in [0.15, 0.2) is 53.9 Å². The Balaban J connectivity index is 1.37. The maximum Gasteiger partial charge on any atom is 0.250 e. The number of nitrogens with zero attached hydrogens (tertiary/aromatic N) is 3. The van der Waals surface area contributed by atoms with Gasteiger partial charge in [0, 0.05) is 17.4 Å². The normalized spacial score (nSPS) is 10.9. The summed E-state index contributed by atoms with van der Waals surface area (Å²) in [5.74, 6) is 1.76. The molecule has 2 aromatic carbocycles. The molecule has 0 aliphatic heterocycles. The molecule has 8 heteroatoms. The minimum absolute atomic E-state index is 0.138. The Bertz CT molecular complexity index is 1170. The molecule has 2 heterocycles. The molecule has 0 bridgehead atoms. The van der Waals surface area contributed by atoms with Gasteiger partial charge in [-0.2, -0.15) is 4.98 Å². The number of rotatable bonds is 8. The van der Waals surface area contributed by atoms with Crippen LogP contribution in [0, 0.1) is 6.92 Å². The number of benzene rings is 2. The van der Waals surface area contributed by atoms with Crippen molar-refractivity contribution < 1.29 is 14.3 Å². The quantitative estimate of drug-likeness (QED) is 0.421. The fourth-order valence-electron chi connectivity index (χ4n) is 3.10. The third kappa shape index (κ3) is 4.28. The second-order valence-corrected chi connectivity index (χ2v) is 7.55. The lowest BCUT2D eigenvalue weighted by Crippen LogP contribution is -2.14. The number of methoxy groups -OCH3 is 1. The van der Waals surface area contributed by atoms with Crippen LogP contribution in [0.5, 0.6) is 11.5 Å². The Hall–Kier alpha value is -3.39. The van der Waals surface area contributed by atoms with E-state index < -0.39 is 0 Å². The number of amides is 1. The standard InChI is InChI=1S/C22H22N4O3S/c1-15-8-3-5-10-18(15)29-13-7-12-20(27)23-21-24-22-26(25-21)17(14-30-22)16-9-4-6-11-19(16)28-2/h3-6,8-11,14H,7,12-13H2,1-2H3,(H,23,25,27). The predicted molar refractivity (Wildman–Crippen MR) is 117 cm³/mol. The molecular weight excluding hydrogens is 400 g/mol. The molecule has 0 unspecified atom stereocenters. The largest absolute Gasteiger partial charge is 0.496 e. The molecular formula is C22H22N4O3S. The zero-order chi connectivity index (χ0) is 20.9. The molecule has 1 amide bonds. The van der Waals surface area contributed by atoms with Crippen molar-refractivity contribution in [1.29, 1.82) is 0 Å². The Morgan fingerprint density at radius 2 is 1.90 bits per heavy atom. The van der Waals surface area contributed by atoms with E-state index in [1.165, 1.54) is 11.3 Å². The van der Waals surface area contributed by atoms with Crippen LogP contribution in [0.1, 0.15) is 18.4 Å². The van der Waals surface area contributed by atoms with Crippen molar-refractivity contribution in [2.75, 3.05) is 19.0 Å². The van der Waals surface area contributed by atoms with Crippen LogP contribution in [0.2, 0.25) is 0 Å². The fourth-order valence-corrected chi connectivity index (χ4v) is 3.92. The second-order valence-electron chi connectivity index (χ2n) is 6.72. The van der Waals surface area contributed by atoms with E-state index >= 15 is 0 Å². The molecule has 0 saturated heterocycles. The van der Waals surface area contributed by atoms with Gasteiger partial charge in [-0.3, -0.25) is 10.1 Å². The van der Waals surface area contributed by atoms with Gasteiger partial charge in [-0.25, -0.2) is 4.52 Å². The zero-order valence-electron chi connectivity index (χ0n) is 16.8. The van der Waals surface area contributed by atoms with E-state index in [-0.39, 0.29) is 5.91 Å². The number of para-hydroxylation sites is 2. The molecule has 4 rings (SSSR count). The SMILES string of the molecule is COc1ccccc1-c1csc2nc(NC(=O)CCCOc3ccccc3C)nn12. The number of carbonyl (C=O) groups is 1. The lowest BCUT2D eigenvalue weighted by molar-refractivity contribution is -0.116. The Kier molecular flexibility index (Phi) is 5.94. The summed E-state index contributed by atoms with van der Waals surface area (Å²) in [6.07, 6.45) is 0.937. The Labute approximate surface area is 178 Å². The van der Waals surface area contributed by atoms with Gasteiger partial charge < -0.3 is 9.47 Å². The third-order valence-corrected chi connectivity index (χ3v) is 5.43. The van der Waals surface area contributed by atoms with E-state index in [1.54, 1.807) is 11.6 Å². The first kappa shape index (κ1) is 19.9. The number of ether oxygens (including phenoxy) is 2. The van der Waals surface area contributed by atoms with E-state index in [9.17, 15) is 4.79 Å². The summed E-state index contributed by atoms with van der Waals surface area (Å²) in [5, 5.41) is 9.20. The minimum atomic E-state index is -0.138. The van der Waals surface area contributed by atoms with Crippen molar-refractivity contribution in [2.45, 2.75) is 19.8 Å². The van der Waals surface area contributed by atoms with Gasteiger partial charge in [-0.05, 0) is 37.1 Å². The average Bonchev–Trinajstić information content (AvgIpc) is 3.32. The summed E-state index contributed by atoms with van der Waals surface area (Å²) < 4.78 is 12.9. The Morgan fingerprint density at radius 1 is 1.13 bits per heavy atom. The van der Waals surface area contributed by atoms with Crippen molar-refractivity contribution in [3.63, 3.8) is 0 Å². The van der Waals surface area contributed by atoms with Gasteiger partial charge in [0.1, 0.15) is 11.5 Å². The van der Waals surface area contributed by atoms with Gasteiger partial charge >= 0.3 is 0 Å². The number of fused-ring (bicyclic) bond motifs is 1. The number of nitrogens with one attached hydrogen (secondary N) is 1. The first-order valence-corrected chi connectivity index (χ1v) is 10.5. The van der Waals surface area contributed by atoms with Crippen molar-refractivity contribution in [2.24, 2.45) is 0 Å². The van der Waals surface area contributed by atoms with E-state index in [0.717, 1.165) is 28.3 Å². The van der Waals surface area contributed by atoms with Gasteiger partial charge in [0.2, 0.25) is 16.8 Å². The first-order chi connectivity index (χ1) is 14.7. The van der Waals surface area contributed by atoms with E-state index in [1.807, 2.05) is 60.8 Å². The van der Waals surface area contributed by atoms with Crippen LogP contribution >= 0.6 is 11.3 Å². The van der Waals surface area contributed by atoms with Gasteiger partial charge in [0.05, 0.1) is 19.4 Å². The predicted octanol–water partition coefficient (Wildman–Crippen LogP) is 4.57. The highest BCUT2D eigenvalue weighted by Gasteiger charge is 2.15. The molecule has 0 saturated carbocycles. The van der Waals surface area contributed by atoms with Crippen molar-refractivity contribution >= 4 is 28.2 Å².